The van der Waals surface area contributed by atoms with Gasteiger partial charge in [0.2, 0.25) is 0 Å². The molecule has 0 saturated heterocycles. The molecule has 57 valence electrons. The molecule has 1 aromatic carbocycles. The summed E-state index contributed by atoms with van der Waals surface area (Å²) in [5, 5.41) is 0. The SMILES string of the molecule is [NH][C@H](C=O)Cc1ccccc1. The molecule has 2 heteroatoms. The molecule has 0 aromatic heterocycles. The fourth-order valence-electron chi connectivity index (χ4n) is 0.916. The first kappa shape index (κ1) is 7.95. The van der Waals surface area contributed by atoms with E-state index < -0.39 is 6.04 Å². The minimum Gasteiger partial charge on any atom is -0.302 e. The van der Waals surface area contributed by atoms with Crippen LogP contribution in [-0.4, -0.2) is 12.3 Å². The number of hydrogen-bond donors (Lipinski definition) is 0. The molecule has 1 atom stereocenters. The van der Waals surface area contributed by atoms with E-state index in [4.69, 9.17) is 5.73 Å². The Labute approximate surface area is 66.0 Å². The van der Waals surface area contributed by atoms with Crippen molar-refractivity contribution in [3.05, 3.63) is 35.9 Å². The largest absolute Gasteiger partial charge is 0.302 e. The van der Waals surface area contributed by atoms with Crippen LogP contribution in [0.3, 0.4) is 0 Å². The lowest BCUT2D eigenvalue weighted by molar-refractivity contribution is -0.109. The zero-order chi connectivity index (χ0) is 8.10. The average Bonchev–Trinajstić information content (AvgIpc) is 2.06. The Morgan fingerprint density at radius 3 is 2.55 bits per heavy atom. The summed E-state index contributed by atoms with van der Waals surface area (Å²) in [6, 6.07) is 8.97. The van der Waals surface area contributed by atoms with Crippen molar-refractivity contribution in [2.75, 3.05) is 0 Å². The molecular formula is C9H10NO. The van der Waals surface area contributed by atoms with E-state index in [-0.39, 0.29) is 0 Å². The van der Waals surface area contributed by atoms with Crippen LogP contribution >= 0.6 is 0 Å². The highest BCUT2D eigenvalue weighted by Gasteiger charge is 2.00. The zero-order valence-corrected chi connectivity index (χ0v) is 6.16. The molecule has 1 radical (unpaired) electrons. The van der Waals surface area contributed by atoms with Crippen molar-refractivity contribution in [1.82, 2.24) is 5.73 Å². The van der Waals surface area contributed by atoms with E-state index in [1.54, 1.807) is 0 Å². The van der Waals surface area contributed by atoms with Crippen molar-refractivity contribution in [3.8, 4) is 0 Å². The molecule has 11 heavy (non-hydrogen) atoms. The first-order chi connectivity index (χ1) is 5.33. The molecule has 0 aliphatic carbocycles. The third-order valence-electron chi connectivity index (χ3n) is 1.46. The van der Waals surface area contributed by atoms with Crippen LogP contribution in [-0.2, 0) is 11.2 Å². The first-order valence-electron chi connectivity index (χ1n) is 3.53. The lowest BCUT2D eigenvalue weighted by Gasteiger charge is -2.01. The molecular weight excluding hydrogens is 138 g/mol. The molecule has 0 fully saturated rings. The van der Waals surface area contributed by atoms with Gasteiger partial charge in [0.1, 0.15) is 6.29 Å². The average molecular weight is 148 g/mol. The van der Waals surface area contributed by atoms with E-state index >= 15 is 0 Å². The fraction of sp³-hybridized carbons (Fsp3) is 0.222. The van der Waals surface area contributed by atoms with E-state index in [0.717, 1.165) is 5.56 Å². The van der Waals surface area contributed by atoms with Gasteiger partial charge in [-0.2, -0.15) is 0 Å². The summed E-state index contributed by atoms with van der Waals surface area (Å²) in [7, 11) is 0. The predicted octanol–water partition coefficient (Wildman–Crippen LogP) is 1.08. The smallest absolute Gasteiger partial charge is 0.138 e. The maximum Gasteiger partial charge on any atom is 0.138 e. The third-order valence-corrected chi connectivity index (χ3v) is 1.46. The number of carbonyl (C=O) groups is 1. The summed E-state index contributed by atoms with van der Waals surface area (Å²) in [5.74, 6) is 0. The van der Waals surface area contributed by atoms with Crippen molar-refractivity contribution in [2.45, 2.75) is 12.5 Å². The van der Waals surface area contributed by atoms with E-state index in [9.17, 15) is 4.79 Å². The van der Waals surface area contributed by atoms with Gasteiger partial charge < -0.3 is 4.79 Å². The molecule has 1 N–H and O–H groups in total. The van der Waals surface area contributed by atoms with Crippen LogP contribution in [0.4, 0.5) is 0 Å². The molecule has 0 bridgehead atoms. The van der Waals surface area contributed by atoms with Gasteiger partial charge in [0.15, 0.2) is 0 Å². The van der Waals surface area contributed by atoms with Gasteiger partial charge in [-0.3, -0.25) is 0 Å². The molecule has 1 aromatic rings. The molecule has 1 rings (SSSR count). The number of rotatable bonds is 3. The quantitative estimate of drug-likeness (QED) is 0.591. The van der Waals surface area contributed by atoms with Gasteiger partial charge in [0, 0.05) is 0 Å². The van der Waals surface area contributed by atoms with E-state index in [0.29, 0.717) is 12.7 Å². The summed E-state index contributed by atoms with van der Waals surface area (Å²) < 4.78 is 0. The summed E-state index contributed by atoms with van der Waals surface area (Å²) >= 11 is 0. The molecule has 0 aliphatic heterocycles. The minimum atomic E-state index is -0.614. The van der Waals surface area contributed by atoms with Crippen molar-refractivity contribution in [3.63, 3.8) is 0 Å². The molecule has 0 saturated carbocycles. The molecule has 0 aliphatic rings. The van der Waals surface area contributed by atoms with Crippen LogP contribution in [0.1, 0.15) is 5.56 Å². The Balaban J connectivity index is 2.57. The Hall–Kier alpha value is -1.15. The maximum absolute atomic E-state index is 10.1. The summed E-state index contributed by atoms with van der Waals surface area (Å²) in [4.78, 5) is 10.1. The molecule has 2 nitrogen and oxygen atoms in total. The number of benzene rings is 1. The van der Waals surface area contributed by atoms with Gasteiger partial charge in [-0.15, -0.1) is 0 Å². The monoisotopic (exact) mass is 148 g/mol. The van der Waals surface area contributed by atoms with Crippen LogP contribution in [0.5, 0.6) is 0 Å². The second kappa shape index (κ2) is 3.88. The van der Waals surface area contributed by atoms with Crippen molar-refractivity contribution < 1.29 is 4.79 Å². The fourth-order valence-corrected chi connectivity index (χ4v) is 0.916. The highest BCUT2D eigenvalue weighted by atomic mass is 16.1. The van der Waals surface area contributed by atoms with Crippen LogP contribution in [0.15, 0.2) is 30.3 Å². The number of carbonyl (C=O) groups excluding carboxylic acids is 1. The van der Waals surface area contributed by atoms with E-state index in [2.05, 4.69) is 0 Å². The highest BCUT2D eigenvalue weighted by molar-refractivity contribution is 5.57. The predicted molar refractivity (Wildman–Crippen MR) is 43.1 cm³/mol. The Morgan fingerprint density at radius 2 is 2.00 bits per heavy atom. The molecule has 0 unspecified atom stereocenters. The van der Waals surface area contributed by atoms with Gasteiger partial charge in [0.25, 0.3) is 0 Å². The summed E-state index contributed by atoms with van der Waals surface area (Å²) in [6.07, 6.45) is 1.18. The number of hydrogen-bond acceptors (Lipinski definition) is 1. The van der Waals surface area contributed by atoms with Gasteiger partial charge in [-0.1, -0.05) is 30.3 Å². The second-order valence-corrected chi connectivity index (χ2v) is 2.43. The van der Waals surface area contributed by atoms with Crippen LogP contribution in [0, 0.1) is 0 Å². The topological polar surface area (TPSA) is 40.9 Å². The van der Waals surface area contributed by atoms with Crippen molar-refractivity contribution in [2.24, 2.45) is 0 Å². The van der Waals surface area contributed by atoms with Crippen LogP contribution < -0.4 is 5.73 Å². The van der Waals surface area contributed by atoms with Crippen molar-refractivity contribution >= 4 is 6.29 Å². The zero-order valence-electron chi connectivity index (χ0n) is 6.16. The van der Waals surface area contributed by atoms with Crippen LogP contribution in [0.2, 0.25) is 0 Å². The van der Waals surface area contributed by atoms with Gasteiger partial charge >= 0.3 is 0 Å². The standard InChI is InChI=1S/C9H10NO/c10-9(7-11)6-8-4-2-1-3-5-8/h1-5,7,9-10H,6H2/t9-/m0/s1. The lowest BCUT2D eigenvalue weighted by Crippen LogP contribution is -2.13. The number of nitrogens with one attached hydrogen (secondary N) is 1. The normalized spacial score (nSPS) is 12.5. The maximum atomic E-state index is 10.1. The molecule has 0 amide bonds. The van der Waals surface area contributed by atoms with Crippen LogP contribution in [0.25, 0.3) is 0 Å². The Morgan fingerprint density at radius 1 is 1.36 bits per heavy atom. The van der Waals surface area contributed by atoms with Gasteiger partial charge in [0.05, 0.1) is 6.04 Å². The lowest BCUT2D eigenvalue weighted by atomic mass is 10.1. The third kappa shape index (κ3) is 2.51. The molecule has 0 heterocycles. The Bertz CT molecular complexity index is 220. The van der Waals surface area contributed by atoms with E-state index in [1.165, 1.54) is 0 Å². The molecule has 0 spiro atoms. The van der Waals surface area contributed by atoms with Gasteiger partial charge in [-0.25, -0.2) is 5.73 Å². The van der Waals surface area contributed by atoms with E-state index in [1.807, 2.05) is 30.3 Å². The van der Waals surface area contributed by atoms with Crippen molar-refractivity contribution in [1.29, 1.82) is 0 Å². The summed E-state index contributed by atoms with van der Waals surface area (Å²) in [5.41, 5.74) is 8.23. The highest BCUT2D eigenvalue weighted by Crippen LogP contribution is 2.00. The Kier molecular flexibility index (Phi) is 2.81. The van der Waals surface area contributed by atoms with Gasteiger partial charge in [-0.05, 0) is 12.0 Å². The minimum absolute atomic E-state index is 0.518. The second-order valence-electron chi connectivity index (χ2n) is 2.43. The first-order valence-corrected chi connectivity index (χ1v) is 3.53. The number of aldehydes is 1. The summed E-state index contributed by atoms with van der Waals surface area (Å²) in [6.45, 7) is 0.